The first kappa shape index (κ1) is 52.7. The van der Waals surface area contributed by atoms with E-state index in [1.54, 1.807) is 6.08 Å². The van der Waals surface area contributed by atoms with Crippen LogP contribution in [0.25, 0.3) is 0 Å². The van der Waals surface area contributed by atoms with Crippen LogP contribution < -0.4 is 11.1 Å². The first-order valence-corrected chi connectivity index (χ1v) is 23.7. The number of aliphatic hydroxyl groups excluding tert-OH is 2. The number of phosphoric acid groups is 1. The number of carbonyl (C=O) groups is 1. The van der Waals surface area contributed by atoms with Crippen molar-refractivity contribution in [2.45, 2.75) is 218 Å². The first-order valence-electron chi connectivity index (χ1n) is 22.2. The fourth-order valence-corrected chi connectivity index (χ4v) is 7.14. The zero-order valence-corrected chi connectivity index (χ0v) is 35.7. The Morgan fingerprint density at radius 1 is 0.630 bits per heavy atom. The van der Waals surface area contributed by atoms with Gasteiger partial charge < -0.3 is 26.2 Å². The van der Waals surface area contributed by atoms with Crippen LogP contribution in [-0.2, 0) is 18.4 Å². The molecule has 0 aliphatic carbocycles. The summed E-state index contributed by atoms with van der Waals surface area (Å²) in [6.45, 7) is 3.94. The van der Waals surface area contributed by atoms with Gasteiger partial charge in [-0.2, -0.15) is 0 Å². The number of allylic oxidation sites excluding steroid dienone is 5. The Morgan fingerprint density at radius 2 is 1.06 bits per heavy atom. The Hall–Kier alpha value is -1.32. The van der Waals surface area contributed by atoms with Crippen molar-refractivity contribution in [3.05, 3.63) is 36.5 Å². The average molecular weight is 785 g/mol. The zero-order valence-electron chi connectivity index (χ0n) is 34.8. The van der Waals surface area contributed by atoms with Gasteiger partial charge in [-0.05, 0) is 44.9 Å². The largest absolute Gasteiger partial charge is 0.472 e. The molecule has 0 aliphatic rings. The second kappa shape index (κ2) is 39.9. The van der Waals surface area contributed by atoms with E-state index in [1.807, 2.05) is 6.08 Å². The number of hydrogen-bond donors (Lipinski definition) is 5. The Kier molecular flexibility index (Phi) is 38.9. The summed E-state index contributed by atoms with van der Waals surface area (Å²) >= 11 is 0. The highest BCUT2D eigenvalue weighted by atomic mass is 31.2. The molecular formula is C44H85N2O7P. The summed E-state index contributed by atoms with van der Waals surface area (Å²) in [6, 6.07) is -1.00. The Bertz CT molecular complexity index is 961. The highest BCUT2D eigenvalue weighted by Gasteiger charge is 2.27. The van der Waals surface area contributed by atoms with Gasteiger partial charge in [-0.3, -0.25) is 13.8 Å². The number of amides is 1. The minimum absolute atomic E-state index is 0.0428. The quantitative estimate of drug-likeness (QED) is 0.0233. The fourth-order valence-electron chi connectivity index (χ4n) is 6.38. The van der Waals surface area contributed by atoms with Gasteiger partial charge in [-0.1, -0.05) is 185 Å². The van der Waals surface area contributed by atoms with Crippen LogP contribution >= 0.6 is 7.82 Å². The molecule has 0 saturated carbocycles. The van der Waals surface area contributed by atoms with Gasteiger partial charge in [0.05, 0.1) is 37.9 Å². The number of carbonyl (C=O) groups excluding carboxylic acids is 1. The van der Waals surface area contributed by atoms with Crippen molar-refractivity contribution in [2.24, 2.45) is 5.73 Å². The van der Waals surface area contributed by atoms with Crippen molar-refractivity contribution in [3.8, 4) is 0 Å². The number of aliphatic hydroxyl groups is 2. The minimum atomic E-state index is -4.41. The molecule has 4 atom stereocenters. The van der Waals surface area contributed by atoms with E-state index in [-0.39, 0.29) is 19.6 Å². The van der Waals surface area contributed by atoms with Crippen LogP contribution in [-0.4, -0.2) is 59.0 Å². The van der Waals surface area contributed by atoms with Gasteiger partial charge in [0.15, 0.2) is 0 Å². The number of unbranched alkanes of at least 4 members (excludes halogenated alkanes) is 23. The molecule has 1 amide bonds. The Morgan fingerprint density at radius 3 is 1.54 bits per heavy atom. The molecule has 10 heteroatoms. The molecule has 0 radical (unpaired) electrons. The molecule has 0 bridgehead atoms. The molecule has 0 saturated heterocycles. The second-order valence-electron chi connectivity index (χ2n) is 15.1. The van der Waals surface area contributed by atoms with Gasteiger partial charge in [0, 0.05) is 6.54 Å². The fraction of sp³-hybridized carbons (Fsp3) is 0.841. The minimum Gasteiger partial charge on any atom is -0.393 e. The maximum absolute atomic E-state index is 12.8. The first-order chi connectivity index (χ1) is 26.3. The van der Waals surface area contributed by atoms with Crippen LogP contribution in [0.1, 0.15) is 200 Å². The molecule has 0 heterocycles. The molecule has 4 unspecified atom stereocenters. The van der Waals surface area contributed by atoms with E-state index >= 15 is 0 Å². The summed E-state index contributed by atoms with van der Waals surface area (Å²) in [5.41, 5.74) is 5.36. The van der Waals surface area contributed by atoms with E-state index in [0.29, 0.717) is 12.8 Å². The lowest BCUT2D eigenvalue weighted by atomic mass is 10.0. The second-order valence-corrected chi connectivity index (χ2v) is 16.5. The summed E-state index contributed by atoms with van der Waals surface area (Å²) in [5, 5.41) is 24.0. The van der Waals surface area contributed by atoms with Crippen molar-refractivity contribution >= 4 is 13.7 Å². The molecule has 0 aliphatic heterocycles. The molecule has 0 spiro atoms. The Balaban J connectivity index is 4.39. The average Bonchev–Trinajstić information content (AvgIpc) is 3.15. The molecule has 0 fully saturated rings. The van der Waals surface area contributed by atoms with Crippen LogP contribution in [0.5, 0.6) is 0 Å². The van der Waals surface area contributed by atoms with Crippen LogP contribution in [0.15, 0.2) is 36.5 Å². The number of phosphoric ester groups is 1. The van der Waals surface area contributed by atoms with Crippen LogP contribution in [0, 0.1) is 0 Å². The number of nitrogens with one attached hydrogen (secondary N) is 1. The third kappa shape index (κ3) is 37.6. The van der Waals surface area contributed by atoms with Gasteiger partial charge >= 0.3 is 7.82 Å². The van der Waals surface area contributed by atoms with Crippen molar-refractivity contribution in [1.29, 1.82) is 0 Å². The summed E-state index contributed by atoms with van der Waals surface area (Å²) in [4.78, 5) is 22.7. The van der Waals surface area contributed by atoms with E-state index < -0.39 is 38.6 Å². The van der Waals surface area contributed by atoms with E-state index in [9.17, 15) is 24.5 Å². The number of hydrogen-bond acceptors (Lipinski definition) is 7. The highest BCUT2D eigenvalue weighted by molar-refractivity contribution is 7.47. The summed E-state index contributed by atoms with van der Waals surface area (Å²) in [6.07, 6.45) is 43.7. The molecule has 0 aromatic rings. The summed E-state index contributed by atoms with van der Waals surface area (Å²) in [5.74, 6) is -0.459. The third-order valence-electron chi connectivity index (χ3n) is 9.75. The molecule has 318 valence electrons. The van der Waals surface area contributed by atoms with E-state index in [2.05, 4.69) is 43.5 Å². The summed E-state index contributed by atoms with van der Waals surface area (Å²) in [7, 11) is -4.41. The van der Waals surface area contributed by atoms with E-state index in [4.69, 9.17) is 14.8 Å². The molecular weight excluding hydrogens is 699 g/mol. The zero-order chi connectivity index (χ0) is 39.8. The highest BCUT2D eigenvalue weighted by Crippen LogP contribution is 2.43. The SMILES string of the molecule is CCCCCCCCC/C=C/CC/C=C/CC/C=C/C(O)C(COP(=O)(O)OCCN)NC(=O)CC(O)CCCCCCCCCCCCCCCCC. The van der Waals surface area contributed by atoms with E-state index in [0.717, 1.165) is 44.9 Å². The molecule has 0 aromatic heterocycles. The standard InChI is InChI=1S/C44H85N2O7P/c1-3-5-7-9-11-13-15-17-19-20-22-24-26-28-30-32-34-36-43(48)42(40-53-54(50,51)52-38-37-45)46-44(49)39-41(47)35-33-31-29-27-25-23-21-18-16-14-12-10-8-6-4-2/h19-20,26,28,34,36,41-43,47-48H,3-18,21-25,27,29-33,35,37-40,45H2,1-2H3,(H,46,49)(H,50,51)/b20-19+,28-26+,36-34+. The van der Waals surface area contributed by atoms with E-state index in [1.165, 1.54) is 122 Å². The molecule has 54 heavy (non-hydrogen) atoms. The number of nitrogens with two attached hydrogens (primary N) is 1. The van der Waals surface area contributed by atoms with Gasteiger partial charge in [-0.25, -0.2) is 4.57 Å². The third-order valence-corrected chi connectivity index (χ3v) is 10.7. The van der Waals surface area contributed by atoms with Gasteiger partial charge in [0.1, 0.15) is 0 Å². The molecule has 0 rings (SSSR count). The molecule has 6 N–H and O–H groups in total. The van der Waals surface area contributed by atoms with Crippen LogP contribution in [0.4, 0.5) is 0 Å². The monoisotopic (exact) mass is 785 g/mol. The maximum Gasteiger partial charge on any atom is 0.472 e. The van der Waals surface area contributed by atoms with Gasteiger partial charge in [0.2, 0.25) is 5.91 Å². The smallest absolute Gasteiger partial charge is 0.393 e. The predicted molar refractivity (Wildman–Crippen MR) is 227 cm³/mol. The molecule has 9 nitrogen and oxygen atoms in total. The topological polar surface area (TPSA) is 151 Å². The lowest BCUT2D eigenvalue weighted by molar-refractivity contribution is -0.124. The van der Waals surface area contributed by atoms with Crippen LogP contribution in [0.3, 0.4) is 0 Å². The van der Waals surface area contributed by atoms with Crippen molar-refractivity contribution in [2.75, 3.05) is 19.8 Å². The summed E-state index contributed by atoms with van der Waals surface area (Å²) < 4.78 is 22.1. The van der Waals surface area contributed by atoms with Crippen molar-refractivity contribution < 1.29 is 33.5 Å². The lowest BCUT2D eigenvalue weighted by Gasteiger charge is -2.24. The number of rotatable bonds is 41. The van der Waals surface area contributed by atoms with Gasteiger partial charge in [0.25, 0.3) is 0 Å². The van der Waals surface area contributed by atoms with Crippen molar-refractivity contribution in [3.63, 3.8) is 0 Å². The predicted octanol–water partition coefficient (Wildman–Crippen LogP) is 11.3. The van der Waals surface area contributed by atoms with Crippen LogP contribution in [0.2, 0.25) is 0 Å². The van der Waals surface area contributed by atoms with Gasteiger partial charge in [-0.15, -0.1) is 0 Å². The Labute approximate surface area is 332 Å². The normalized spacial score (nSPS) is 15.0. The maximum atomic E-state index is 12.8. The molecule has 0 aromatic carbocycles. The van der Waals surface area contributed by atoms with Crippen molar-refractivity contribution in [1.82, 2.24) is 5.32 Å². The lowest BCUT2D eigenvalue weighted by Crippen LogP contribution is -2.46.